The molecular weight excluding hydrogens is 281 g/mol. The van der Waals surface area contributed by atoms with E-state index in [-0.39, 0.29) is 10.9 Å². The Bertz CT molecular complexity index is 650. The van der Waals surface area contributed by atoms with E-state index in [1.54, 1.807) is 0 Å². The van der Waals surface area contributed by atoms with Gasteiger partial charge in [-0.25, -0.2) is 4.39 Å². The fourth-order valence-electron chi connectivity index (χ4n) is 2.12. The number of halogens is 2. The maximum absolute atomic E-state index is 13.0. The maximum Gasteiger partial charge on any atom is 0.265 e. The number of hydrogen-bond acceptors (Lipinski definition) is 2. The Morgan fingerprint density at radius 2 is 2.10 bits per heavy atom. The molecule has 0 bridgehead atoms. The molecule has 1 heterocycles. The van der Waals surface area contributed by atoms with Gasteiger partial charge in [-0.05, 0) is 29.8 Å². The number of hydrogen-bond donors (Lipinski definition) is 1. The van der Waals surface area contributed by atoms with E-state index in [1.165, 1.54) is 18.2 Å². The van der Waals surface area contributed by atoms with Gasteiger partial charge in [-0.1, -0.05) is 29.8 Å². The van der Waals surface area contributed by atoms with E-state index in [0.717, 1.165) is 11.3 Å². The minimum atomic E-state index is -0.573. The number of amides is 1. The average Bonchev–Trinajstić information content (AvgIpc) is 2.87. The molecule has 5 heteroatoms. The van der Waals surface area contributed by atoms with Gasteiger partial charge < -0.3 is 10.1 Å². The van der Waals surface area contributed by atoms with Gasteiger partial charge in [0, 0.05) is 12.1 Å². The highest BCUT2D eigenvalue weighted by Crippen LogP contribution is 2.29. The maximum atomic E-state index is 13.0. The predicted octanol–water partition coefficient (Wildman–Crippen LogP) is 3.42. The van der Waals surface area contributed by atoms with Crippen LogP contribution in [0, 0.1) is 5.82 Å². The summed E-state index contributed by atoms with van der Waals surface area (Å²) in [5, 5.41) is 2.64. The van der Waals surface area contributed by atoms with Crippen LogP contribution in [-0.4, -0.2) is 12.0 Å². The summed E-state index contributed by atoms with van der Waals surface area (Å²) in [4.78, 5) is 12.1. The zero-order valence-corrected chi connectivity index (χ0v) is 11.2. The molecule has 1 atom stereocenters. The number of benzene rings is 2. The monoisotopic (exact) mass is 291 g/mol. The zero-order valence-electron chi connectivity index (χ0n) is 10.4. The second-order valence-electron chi connectivity index (χ2n) is 4.54. The molecule has 1 amide bonds. The minimum absolute atomic E-state index is 0.0292. The summed E-state index contributed by atoms with van der Waals surface area (Å²) in [7, 11) is 0. The fraction of sp³-hybridized carbons (Fsp3) is 0.133. The lowest BCUT2D eigenvalue weighted by atomic mass is 10.1. The SMILES string of the molecule is O=C(Nc1ccc(F)c(Cl)c1)C1Cc2ccccc2O1. The molecule has 102 valence electrons. The topological polar surface area (TPSA) is 38.3 Å². The molecule has 0 radical (unpaired) electrons. The Morgan fingerprint density at radius 3 is 2.85 bits per heavy atom. The first kappa shape index (κ1) is 12.9. The van der Waals surface area contributed by atoms with Crippen molar-refractivity contribution in [2.45, 2.75) is 12.5 Å². The van der Waals surface area contributed by atoms with Crippen molar-refractivity contribution in [2.24, 2.45) is 0 Å². The second-order valence-corrected chi connectivity index (χ2v) is 4.94. The molecule has 0 saturated carbocycles. The smallest absolute Gasteiger partial charge is 0.265 e. The lowest BCUT2D eigenvalue weighted by Gasteiger charge is -2.11. The van der Waals surface area contributed by atoms with E-state index in [0.29, 0.717) is 12.1 Å². The van der Waals surface area contributed by atoms with Gasteiger partial charge in [-0.3, -0.25) is 4.79 Å². The van der Waals surface area contributed by atoms with Crippen LogP contribution in [-0.2, 0) is 11.2 Å². The molecule has 2 aromatic carbocycles. The van der Waals surface area contributed by atoms with E-state index in [1.807, 2.05) is 24.3 Å². The first-order valence-electron chi connectivity index (χ1n) is 6.14. The summed E-state index contributed by atoms with van der Waals surface area (Å²) in [6, 6.07) is 11.6. The molecule has 1 unspecified atom stereocenters. The van der Waals surface area contributed by atoms with Crippen molar-refractivity contribution in [3.05, 3.63) is 58.9 Å². The highest BCUT2D eigenvalue weighted by Gasteiger charge is 2.28. The summed E-state index contributed by atoms with van der Waals surface area (Å²) in [5.41, 5.74) is 1.45. The quantitative estimate of drug-likeness (QED) is 0.921. The molecule has 1 aliphatic rings. The van der Waals surface area contributed by atoms with Gasteiger partial charge in [0.25, 0.3) is 5.91 Å². The molecule has 2 aromatic rings. The van der Waals surface area contributed by atoms with Crippen LogP contribution in [0.4, 0.5) is 10.1 Å². The van der Waals surface area contributed by atoms with Gasteiger partial charge in [0.2, 0.25) is 0 Å². The Labute approximate surface area is 120 Å². The number of carbonyl (C=O) groups is 1. The van der Waals surface area contributed by atoms with Crippen LogP contribution >= 0.6 is 11.6 Å². The van der Waals surface area contributed by atoms with Gasteiger partial charge in [0.15, 0.2) is 6.10 Å². The van der Waals surface area contributed by atoms with Crippen LogP contribution in [0.1, 0.15) is 5.56 Å². The van der Waals surface area contributed by atoms with Gasteiger partial charge in [0.05, 0.1) is 5.02 Å². The van der Waals surface area contributed by atoms with Gasteiger partial charge in [-0.15, -0.1) is 0 Å². The Kier molecular flexibility index (Phi) is 3.32. The summed E-state index contributed by atoms with van der Waals surface area (Å²) in [6.07, 6.45) is -0.0482. The number of nitrogens with one attached hydrogen (secondary N) is 1. The van der Waals surface area contributed by atoms with E-state index in [2.05, 4.69) is 5.32 Å². The van der Waals surface area contributed by atoms with E-state index < -0.39 is 11.9 Å². The van der Waals surface area contributed by atoms with Crippen LogP contribution in [0.5, 0.6) is 5.75 Å². The van der Waals surface area contributed by atoms with Crippen LogP contribution in [0.15, 0.2) is 42.5 Å². The van der Waals surface area contributed by atoms with E-state index in [9.17, 15) is 9.18 Å². The van der Waals surface area contributed by atoms with Gasteiger partial charge >= 0.3 is 0 Å². The van der Waals surface area contributed by atoms with Crippen molar-refractivity contribution >= 4 is 23.2 Å². The van der Waals surface area contributed by atoms with E-state index >= 15 is 0 Å². The number of rotatable bonds is 2. The molecule has 0 saturated heterocycles. The van der Waals surface area contributed by atoms with Crippen molar-refractivity contribution in [1.29, 1.82) is 0 Å². The van der Waals surface area contributed by atoms with Crippen LogP contribution < -0.4 is 10.1 Å². The zero-order chi connectivity index (χ0) is 14.1. The molecule has 3 nitrogen and oxygen atoms in total. The second kappa shape index (κ2) is 5.13. The number of ether oxygens (including phenoxy) is 1. The van der Waals surface area contributed by atoms with Crippen LogP contribution in [0.25, 0.3) is 0 Å². The molecule has 3 rings (SSSR count). The lowest BCUT2D eigenvalue weighted by molar-refractivity contribution is -0.122. The minimum Gasteiger partial charge on any atom is -0.480 e. The fourth-order valence-corrected chi connectivity index (χ4v) is 2.31. The third-order valence-corrected chi connectivity index (χ3v) is 3.42. The largest absolute Gasteiger partial charge is 0.480 e. The van der Waals surface area contributed by atoms with Crippen molar-refractivity contribution in [2.75, 3.05) is 5.32 Å². The van der Waals surface area contributed by atoms with E-state index in [4.69, 9.17) is 16.3 Å². The van der Waals surface area contributed by atoms with Crippen molar-refractivity contribution < 1.29 is 13.9 Å². The summed E-state index contributed by atoms with van der Waals surface area (Å²) < 4.78 is 18.6. The van der Waals surface area contributed by atoms with Crippen molar-refractivity contribution in [1.82, 2.24) is 0 Å². The molecule has 0 fully saturated rings. The molecule has 0 aliphatic carbocycles. The Morgan fingerprint density at radius 1 is 1.30 bits per heavy atom. The van der Waals surface area contributed by atoms with Crippen LogP contribution in [0.3, 0.4) is 0 Å². The summed E-state index contributed by atoms with van der Waals surface area (Å²) in [6.45, 7) is 0. The third kappa shape index (κ3) is 2.47. The lowest BCUT2D eigenvalue weighted by Crippen LogP contribution is -2.31. The third-order valence-electron chi connectivity index (χ3n) is 3.13. The highest BCUT2D eigenvalue weighted by atomic mass is 35.5. The van der Waals surface area contributed by atoms with Gasteiger partial charge in [0.1, 0.15) is 11.6 Å². The molecular formula is C15H11ClFNO2. The Hall–Kier alpha value is -2.07. The molecule has 1 aliphatic heterocycles. The molecule has 1 N–H and O–H groups in total. The Balaban J connectivity index is 1.71. The first-order valence-corrected chi connectivity index (χ1v) is 6.52. The number of para-hydroxylation sites is 1. The molecule has 20 heavy (non-hydrogen) atoms. The number of carbonyl (C=O) groups excluding carboxylic acids is 1. The summed E-state index contributed by atoms with van der Waals surface area (Å²) in [5.74, 6) is -0.0668. The predicted molar refractivity (Wildman–Crippen MR) is 74.6 cm³/mol. The van der Waals surface area contributed by atoms with Crippen molar-refractivity contribution in [3.8, 4) is 5.75 Å². The standard InChI is InChI=1S/C15H11ClFNO2/c16-11-8-10(5-6-12(11)17)18-15(19)14-7-9-3-1-2-4-13(9)20-14/h1-6,8,14H,7H2,(H,18,19). The highest BCUT2D eigenvalue weighted by molar-refractivity contribution is 6.31. The van der Waals surface area contributed by atoms with Gasteiger partial charge in [-0.2, -0.15) is 0 Å². The van der Waals surface area contributed by atoms with Crippen LogP contribution in [0.2, 0.25) is 5.02 Å². The first-order chi connectivity index (χ1) is 9.63. The molecule has 0 aromatic heterocycles. The van der Waals surface area contributed by atoms with Crippen molar-refractivity contribution in [3.63, 3.8) is 0 Å². The molecule has 0 spiro atoms. The number of anilines is 1. The summed E-state index contributed by atoms with van der Waals surface area (Å²) >= 11 is 5.67. The number of fused-ring (bicyclic) bond motifs is 1. The normalized spacial score (nSPS) is 16.4. The average molecular weight is 292 g/mol.